The normalized spacial score (nSPS) is 10.8. The number of nitrogens with one attached hydrogen (secondary N) is 2. The molecule has 0 bridgehead atoms. The second-order valence-electron chi connectivity index (χ2n) is 6.02. The quantitative estimate of drug-likeness (QED) is 0.477. The number of hydrogen-bond donors (Lipinski definition) is 2. The third kappa shape index (κ3) is 3.99. The number of hydrogen-bond acceptors (Lipinski definition) is 5. The van der Waals surface area contributed by atoms with Gasteiger partial charge in [0.25, 0.3) is 0 Å². The summed E-state index contributed by atoms with van der Waals surface area (Å²) in [6.45, 7) is 0.549. The minimum atomic E-state index is -0.935. The second kappa shape index (κ2) is 7.74. The van der Waals surface area contributed by atoms with Crippen molar-refractivity contribution >= 4 is 40.0 Å². The molecular weight excluding hydrogens is 384 g/mol. The van der Waals surface area contributed by atoms with Crippen molar-refractivity contribution in [2.24, 2.45) is 0 Å². The van der Waals surface area contributed by atoms with Gasteiger partial charge < -0.3 is 10.6 Å². The molecule has 2 N–H and O–H groups in total. The molecule has 0 spiro atoms. The van der Waals surface area contributed by atoms with E-state index in [1.54, 1.807) is 18.5 Å². The molecule has 0 fully saturated rings. The van der Waals surface area contributed by atoms with Crippen molar-refractivity contribution in [2.45, 2.75) is 6.54 Å². The van der Waals surface area contributed by atoms with Gasteiger partial charge in [0.05, 0.1) is 10.9 Å². The molecule has 140 valence electrons. The summed E-state index contributed by atoms with van der Waals surface area (Å²) in [6.07, 6.45) is 3.21. The number of fused-ring (bicyclic) bond motifs is 1. The first kappa shape index (κ1) is 18.1. The monoisotopic (exact) mass is 397 g/mol. The number of rotatable bonds is 5. The predicted octanol–water partition coefficient (Wildman–Crippen LogP) is 5.31. The van der Waals surface area contributed by atoms with Crippen molar-refractivity contribution in [3.63, 3.8) is 0 Å². The van der Waals surface area contributed by atoms with Crippen LogP contribution in [0.3, 0.4) is 0 Å². The lowest BCUT2D eigenvalue weighted by Crippen LogP contribution is -2.04. The zero-order valence-electron chi connectivity index (χ0n) is 14.5. The maximum atomic E-state index is 13.4. The van der Waals surface area contributed by atoms with Gasteiger partial charge in [-0.1, -0.05) is 23.7 Å². The van der Waals surface area contributed by atoms with Crippen LogP contribution >= 0.6 is 11.6 Å². The Bertz CT molecular complexity index is 1140. The summed E-state index contributed by atoms with van der Waals surface area (Å²) in [5.41, 5.74) is 2.08. The number of pyridine rings is 1. The Balaban J connectivity index is 1.55. The van der Waals surface area contributed by atoms with Gasteiger partial charge in [0.2, 0.25) is 5.95 Å². The lowest BCUT2D eigenvalue weighted by atomic mass is 10.2. The molecule has 2 heterocycles. The van der Waals surface area contributed by atoms with Gasteiger partial charge in [-0.2, -0.15) is 0 Å². The van der Waals surface area contributed by atoms with Crippen LogP contribution in [0, 0.1) is 11.6 Å². The van der Waals surface area contributed by atoms with E-state index in [4.69, 9.17) is 11.6 Å². The van der Waals surface area contributed by atoms with Gasteiger partial charge in [-0.15, -0.1) is 0 Å². The first-order valence-corrected chi connectivity index (χ1v) is 8.78. The van der Waals surface area contributed by atoms with Crippen LogP contribution in [0.15, 0.2) is 60.9 Å². The Morgan fingerprint density at radius 2 is 1.75 bits per heavy atom. The fourth-order valence-corrected chi connectivity index (χ4v) is 2.76. The fourth-order valence-electron chi connectivity index (χ4n) is 2.64. The van der Waals surface area contributed by atoms with Gasteiger partial charge >= 0.3 is 0 Å². The van der Waals surface area contributed by atoms with Crippen molar-refractivity contribution < 1.29 is 8.78 Å². The van der Waals surface area contributed by atoms with Crippen LogP contribution in [0.25, 0.3) is 10.9 Å². The first-order chi connectivity index (χ1) is 13.6. The number of halogens is 3. The number of aromatic nitrogens is 3. The summed E-state index contributed by atoms with van der Waals surface area (Å²) in [5, 5.41) is 7.46. The average Bonchev–Trinajstić information content (AvgIpc) is 2.70. The van der Waals surface area contributed by atoms with Gasteiger partial charge in [-0.3, -0.25) is 0 Å². The van der Waals surface area contributed by atoms with Gasteiger partial charge in [0, 0.05) is 35.7 Å². The molecule has 8 heteroatoms. The summed E-state index contributed by atoms with van der Waals surface area (Å²) in [6, 6.07) is 12.8. The van der Waals surface area contributed by atoms with Crippen molar-refractivity contribution in [3.8, 4) is 0 Å². The van der Waals surface area contributed by atoms with E-state index in [0.29, 0.717) is 39.9 Å². The van der Waals surface area contributed by atoms with Gasteiger partial charge in [0.1, 0.15) is 5.82 Å². The van der Waals surface area contributed by atoms with Crippen molar-refractivity contribution in [2.75, 3.05) is 10.6 Å². The van der Waals surface area contributed by atoms with E-state index in [2.05, 4.69) is 25.6 Å². The van der Waals surface area contributed by atoms with Gasteiger partial charge in [0.15, 0.2) is 11.6 Å². The maximum absolute atomic E-state index is 13.4. The predicted molar refractivity (Wildman–Crippen MR) is 106 cm³/mol. The topological polar surface area (TPSA) is 62.7 Å². The lowest BCUT2D eigenvalue weighted by Gasteiger charge is -2.10. The molecule has 4 rings (SSSR count). The van der Waals surface area contributed by atoms with Crippen LogP contribution in [0.1, 0.15) is 5.56 Å². The summed E-state index contributed by atoms with van der Waals surface area (Å²) in [4.78, 5) is 13.0. The van der Waals surface area contributed by atoms with Crippen molar-refractivity contribution in [1.82, 2.24) is 15.0 Å². The van der Waals surface area contributed by atoms with E-state index in [-0.39, 0.29) is 0 Å². The molecule has 28 heavy (non-hydrogen) atoms. The largest absolute Gasteiger partial charge is 0.350 e. The first-order valence-electron chi connectivity index (χ1n) is 8.40. The SMILES string of the molecule is Fc1ccc(Nc2nccc3nc(NCc4ccc(Cl)cc4)ncc23)cc1F. The highest BCUT2D eigenvalue weighted by Gasteiger charge is 2.08. The molecule has 4 aromatic rings. The standard InChI is InChI=1S/C20H14ClF2N5/c21-13-3-1-12(2-4-13)10-25-20-26-11-15-18(28-20)7-8-24-19(15)27-14-5-6-16(22)17(23)9-14/h1-9,11H,10H2,(H,24,27)(H,25,26,28). The fraction of sp³-hybridized carbons (Fsp3) is 0.0500. The molecule has 0 aliphatic rings. The smallest absolute Gasteiger partial charge is 0.223 e. The highest BCUT2D eigenvalue weighted by molar-refractivity contribution is 6.30. The van der Waals surface area contributed by atoms with Gasteiger partial charge in [-0.25, -0.2) is 23.7 Å². The molecule has 5 nitrogen and oxygen atoms in total. The Hall–Kier alpha value is -3.32. The van der Waals surface area contributed by atoms with E-state index in [1.807, 2.05) is 24.3 Å². The third-order valence-electron chi connectivity index (χ3n) is 4.06. The molecule has 2 aromatic carbocycles. The molecule has 2 aromatic heterocycles. The van der Waals surface area contributed by atoms with Crippen LogP contribution in [-0.2, 0) is 6.54 Å². The molecule has 0 amide bonds. The zero-order valence-corrected chi connectivity index (χ0v) is 15.2. The van der Waals surface area contributed by atoms with Crippen LogP contribution in [0.4, 0.5) is 26.2 Å². The molecule has 0 atom stereocenters. The Morgan fingerprint density at radius 3 is 2.54 bits per heavy atom. The van der Waals surface area contributed by atoms with Crippen LogP contribution in [-0.4, -0.2) is 15.0 Å². The van der Waals surface area contributed by atoms with Crippen molar-refractivity contribution in [1.29, 1.82) is 0 Å². The summed E-state index contributed by atoms with van der Waals surface area (Å²) >= 11 is 5.89. The number of anilines is 3. The Morgan fingerprint density at radius 1 is 0.929 bits per heavy atom. The second-order valence-corrected chi connectivity index (χ2v) is 6.46. The molecule has 0 saturated carbocycles. The number of benzene rings is 2. The number of nitrogens with zero attached hydrogens (tertiary/aromatic N) is 3. The molecule has 0 aliphatic carbocycles. The molecule has 0 unspecified atom stereocenters. The maximum Gasteiger partial charge on any atom is 0.223 e. The minimum Gasteiger partial charge on any atom is -0.350 e. The summed E-state index contributed by atoms with van der Waals surface area (Å²) < 4.78 is 26.5. The molecule has 0 aliphatic heterocycles. The summed E-state index contributed by atoms with van der Waals surface area (Å²) in [7, 11) is 0. The van der Waals surface area contributed by atoms with E-state index < -0.39 is 11.6 Å². The summed E-state index contributed by atoms with van der Waals surface area (Å²) in [5.74, 6) is -0.925. The van der Waals surface area contributed by atoms with E-state index in [9.17, 15) is 8.78 Å². The van der Waals surface area contributed by atoms with E-state index >= 15 is 0 Å². The Kier molecular flexibility index (Phi) is 4.99. The molecular formula is C20H14ClF2N5. The average molecular weight is 398 g/mol. The Labute approximate surface area is 164 Å². The van der Waals surface area contributed by atoms with Crippen LogP contribution in [0.5, 0.6) is 0 Å². The van der Waals surface area contributed by atoms with E-state index in [1.165, 1.54) is 6.07 Å². The highest BCUT2D eigenvalue weighted by Crippen LogP contribution is 2.24. The van der Waals surface area contributed by atoms with Crippen LogP contribution in [0.2, 0.25) is 5.02 Å². The highest BCUT2D eigenvalue weighted by atomic mass is 35.5. The molecule has 0 saturated heterocycles. The van der Waals surface area contributed by atoms with Gasteiger partial charge in [-0.05, 0) is 35.9 Å². The lowest BCUT2D eigenvalue weighted by molar-refractivity contribution is 0.509. The van der Waals surface area contributed by atoms with E-state index in [0.717, 1.165) is 17.7 Å². The van der Waals surface area contributed by atoms with Crippen LogP contribution < -0.4 is 10.6 Å². The zero-order chi connectivity index (χ0) is 19.5. The van der Waals surface area contributed by atoms with Crippen molar-refractivity contribution in [3.05, 3.63) is 83.1 Å². The third-order valence-corrected chi connectivity index (χ3v) is 4.31. The minimum absolute atomic E-state index is 0.379. The molecule has 0 radical (unpaired) electrons.